The zero-order chi connectivity index (χ0) is 30.9. The normalized spacial score (nSPS) is 11.4. The van der Waals surface area contributed by atoms with Gasteiger partial charge in [-0.25, -0.2) is 9.97 Å². The molecule has 0 aliphatic rings. The first kappa shape index (κ1) is 29.6. The molecule has 0 spiro atoms. The fraction of sp³-hybridized carbons (Fsp3) is 0.125. The maximum absolute atomic E-state index is 11.5. The Morgan fingerprint density at radius 2 is 0.956 bits per heavy atom. The Morgan fingerprint density at radius 1 is 0.556 bits per heavy atom. The molecular formula is C32H24N4O4S5. The van der Waals surface area contributed by atoms with E-state index in [9.17, 15) is 19.8 Å². The van der Waals surface area contributed by atoms with Crippen molar-refractivity contribution in [3.05, 3.63) is 84.4 Å². The van der Waals surface area contributed by atoms with E-state index in [0.717, 1.165) is 71.5 Å². The molecule has 226 valence electrons. The number of carboxylic acid groups (broad SMARTS) is 2. The van der Waals surface area contributed by atoms with Crippen molar-refractivity contribution in [2.24, 2.45) is 0 Å². The van der Waals surface area contributed by atoms with Gasteiger partial charge < -0.3 is 20.2 Å². The van der Waals surface area contributed by atoms with Crippen molar-refractivity contribution in [1.82, 2.24) is 19.9 Å². The molecule has 7 aromatic rings. The molecule has 45 heavy (non-hydrogen) atoms. The third-order valence-corrected chi connectivity index (χ3v) is 13.4. The summed E-state index contributed by atoms with van der Waals surface area (Å²) in [4.78, 5) is 48.8. The van der Waals surface area contributed by atoms with Crippen molar-refractivity contribution in [3.8, 4) is 60.4 Å². The molecule has 0 fully saturated rings. The number of aromatic amines is 2. The van der Waals surface area contributed by atoms with Crippen molar-refractivity contribution in [3.63, 3.8) is 0 Å². The van der Waals surface area contributed by atoms with Gasteiger partial charge in [-0.2, -0.15) is 0 Å². The van der Waals surface area contributed by atoms with Gasteiger partial charge in [-0.15, -0.1) is 56.7 Å². The smallest absolute Gasteiger partial charge is 0.303 e. The molecule has 0 aliphatic heterocycles. The van der Waals surface area contributed by atoms with Crippen LogP contribution in [0.5, 0.6) is 0 Å². The second kappa shape index (κ2) is 12.7. The highest BCUT2D eigenvalue weighted by Crippen LogP contribution is 2.48. The molecule has 0 saturated carbocycles. The summed E-state index contributed by atoms with van der Waals surface area (Å²) < 4.78 is 0. The molecule has 0 radical (unpaired) electrons. The van der Waals surface area contributed by atoms with Gasteiger partial charge in [0.2, 0.25) is 0 Å². The van der Waals surface area contributed by atoms with Crippen LogP contribution >= 0.6 is 56.7 Å². The van der Waals surface area contributed by atoms with Crippen molar-refractivity contribution in [2.75, 3.05) is 0 Å². The van der Waals surface area contributed by atoms with Crippen LogP contribution in [-0.4, -0.2) is 42.1 Å². The Morgan fingerprint density at radius 3 is 1.36 bits per heavy atom. The van der Waals surface area contributed by atoms with E-state index < -0.39 is 11.9 Å². The number of hydrogen-bond acceptors (Lipinski definition) is 9. The second-order valence-electron chi connectivity index (χ2n) is 10.1. The van der Waals surface area contributed by atoms with Crippen LogP contribution in [0.4, 0.5) is 0 Å². The number of aryl methyl sites for hydroxylation is 2. The SMILES string of the molecule is O=C(O)CCc1cc(-c2ccc(-c3ncc[nH]3)s2)sc1-c1ccc(-c2sc(-c3ccc(-c4ncc[nH]4)s3)cc2CCC(=O)O)s1. The van der Waals surface area contributed by atoms with Crippen LogP contribution in [0.25, 0.3) is 60.4 Å². The molecule has 0 amide bonds. The summed E-state index contributed by atoms with van der Waals surface area (Å²) >= 11 is 8.31. The molecule has 13 heteroatoms. The topological polar surface area (TPSA) is 132 Å². The number of hydrogen-bond donors (Lipinski definition) is 4. The number of rotatable bonds is 12. The molecule has 7 heterocycles. The summed E-state index contributed by atoms with van der Waals surface area (Å²) in [5.74, 6) is 0.00102. The second-order valence-corrected chi connectivity index (χ2v) is 15.4. The van der Waals surface area contributed by atoms with Crippen LogP contribution in [0.3, 0.4) is 0 Å². The molecule has 0 bridgehead atoms. The van der Waals surface area contributed by atoms with E-state index in [1.54, 1.807) is 81.5 Å². The van der Waals surface area contributed by atoms with Gasteiger partial charge in [-0.3, -0.25) is 9.59 Å². The van der Waals surface area contributed by atoms with Gasteiger partial charge in [-0.05, 0) is 72.5 Å². The van der Waals surface area contributed by atoms with E-state index in [2.05, 4.69) is 68.5 Å². The summed E-state index contributed by atoms with van der Waals surface area (Å²) in [6.45, 7) is 0. The number of nitrogens with zero attached hydrogens (tertiary/aromatic N) is 2. The highest BCUT2D eigenvalue weighted by molar-refractivity contribution is 7.30. The minimum absolute atomic E-state index is 0.0535. The molecule has 7 aromatic heterocycles. The van der Waals surface area contributed by atoms with Crippen LogP contribution in [0.2, 0.25) is 0 Å². The Balaban J connectivity index is 1.23. The first-order valence-electron chi connectivity index (χ1n) is 13.9. The number of carboxylic acids is 2. The first-order valence-corrected chi connectivity index (χ1v) is 18.0. The highest BCUT2D eigenvalue weighted by Gasteiger charge is 2.20. The Bertz CT molecular complexity index is 1950. The monoisotopic (exact) mass is 688 g/mol. The third kappa shape index (κ3) is 6.35. The average molecular weight is 689 g/mol. The molecule has 4 N–H and O–H groups in total. The lowest BCUT2D eigenvalue weighted by atomic mass is 10.1. The van der Waals surface area contributed by atoms with Crippen molar-refractivity contribution in [2.45, 2.75) is 25.7 Å². The molecule has 0 unspecified atom stereocenters. The van der Waals surface area contributed by atoms with Crippen molar-refractivity contribution < 1.29 is 19.8 Å². The maximum atomic E-state index is 11.5. The lowest BCUT2D eigenvalue weighted by molar-refractivity contribution is -0.138. The maximum Gasteiger partial charge on any atom is 0.303 e. The average Bonchev–Trinajstić information content (AvgIpc) is 3.85. The Kier molecular flexibility index (Phi) is 8.34. The van der Waals surface area contributed by atoms with Gasteiger partial charge in [0.05, 0.1) is 9.75 Å². The summed E-state index contributed by atoms with van der Waals surface area (Å²) in [5, 5.41) is 18.9. The van der Waals surface area contributed by atoms with E-state index in [0.29, 0.717) is 12.8 Å². The van der Waals surface area contributed by atoms with Gasteiger partial charge in [0.15, 0.2) is 0 Å². The molecule has 8 nitrogen and oxygen atoms in total. The molecule has 0 aromatic carbocycles. The number of thiophene rings is 5. The van der Waals surface area contributed by atoms with E-state index in [1.165, 1.54) is 0 Å². The lowest BCUT2D eigenvalue weighted by Gasteiger charge is -2.01. The molecular weight excluding hydrogens is 665 g/mol. The van der Waals surface area contributed by atoms with Gasteiger partial charge >= 0.3 is 11.9 Å². The van der Waals surface area contributed by atoms with Gasteiger partial charge in [-0.1, -0.05) is 0 Å². The summed E-state index contributed by atoms with van der Waals surface area (Å²) in [5.41, 5.74) is 2.03. The van der Waals surface area contributed by atoms with E-state index in [4.69, 9.17) is 0 Å². The predicted molar refractivity (Wildman–Crippen MR) is 185 cm³/mol. The molecule has 7 rings (SSSR count). The van der Waals surface area contributed by atoms with Gasteiger partial charge in [0, 0.05) is 76.6 Å². The zero-order valence-electron chi connectivity index (χ0n) is 23.4. The quantitative estimate of drug-likeness (QED) is 0.101. The minimum Gasteiger partial charge on any atom is -0.481 e. The van der Waals surface area contributed by atoms with Crippen LogP contribution in [-0.2, 0) is 22.4 Å². The molecule has 0 atom stereocenters. The largest absolute Gasteiger partial charge is 0.481 e. The minimum atomic E-state index is -0.824. The van der Waals surface area contributed by atoms with E-state index >= 15 is 0 Å². The Labute approximate surface area is 277 Å². The fourth-order valence-electron chi connectivity index (χ4n) is 4.95. The third-order valence-electron chi connectivity index (χ3n) is 7.05. The van der Waals surface area contributed by atoms with Crippen molar-refractivity contribution in [1.29, 1.82) is 0 Å². The predicted octanol–water partition coefficient (Wildman–Crippen LogP) is 9.48. The van der Waals surface area contributed by atoms with E-state index in [1.807, 2.05) is 0 Å². The van der Waals surface area contributed by atoms with Crippen LogP contribution in [0.1, 0.15) is 24.0 Å². The number of imidazole rings is 2. The van der Waals surface area contributed by atoms with Crippen molar-refractivity contribution >= 4 is 68.6 Å². The van der Waals surface area contributed by atoms with Crippen LogP contribution in [0.15, 0.2) is 73.3 Å². The summed E-state index contributed by atoms with van der Waals surface area (Å²) in [7, 11) is 0. The first-order chi connectivity index (χ1) is 21.9. The zero-order valence-corrected chi connectivity index (χ0v) is 27.5. The summed E-state index contributed by atoms with van der Waals surface area (Å²) in [6.07, 6.45) is 8.06. The van der Waals surface area contributed by atoms with E-state index in [-0.39, 0.29) is 12.8 Å². The van der Waals surface area contributed by atoms with Crippen LogP contribution in [0, 0.1) is 0 Å². The van der Waals surface area contributed by atoms with Gasteiger partial charge in [0.1, 0.15) is 11.6 Å². The van der Waals surface area contributed by atoms with Crippen LogP contribution < -0.4 is 0 Å². The number of H-pyrrole nitrogens is 2. The highest BCUT2D eigenvalue weighted by atomic mass is 32.1. The number of aliphatic carboxylic acids is 2. The number of nitrogens with one attached hydrogen (secondary N) is 2. The Hall–Kier alpha value is -4.14. The molecule has 0 aliphatic carbocycles. The molecule has 0 saturated heterocycles. The lowest BCUT2D eigenvalue weighted by Crippen LogP contribution is -1.97. The fourth-order valence-corrected chi connectivity index (χ4v) is 10.8. The summed E-state index contributed by atoms with van der Waals surface area (Å²) in [6, 6.07) is 16.7. The standard InChI is InChI=1S/C32H24N4O4S5/c37-27(38)9-1-17-15-25(19-3-7-23(41-19)31-33-11-12-34-31)44-29(17)21-5-6-22(43-21)30-18(2-10-28(39)40)16-26(45-30)20-4-8-24(42-20)32-35-13-14-36-32/h3-8,11-16H,1-2,9-10H2,(H,33,34)(H,35,36)(H,37,38)(H,39,40). The number of carbonyl (C=O) groups is 2. The number of aromatic nitrogens is 4. The van der Waals surface area contributed by atoms with Gasteiger partial charge in [0.25, 0.3) is 0 Å².